The number of para-hydroxylation sites is 2. The van der Waals surface area contributed by atoms with E-state index in [-0.39, 0.29) is 0 Å². The monoisotopic (exact) mass is 291 g/mol. The molecule has 0 bridgehead atoms. The van der Waals surface area contributed by atoms with E-state index in [2.05, 4.69) is 27.2 Å². The minimum Gasteiger partial charge on any atom is -0.495 e. The minimum atomic E-state index is 0.344. The lowest BCUT2D eigenvalue weighted by atomic mass is 10.2. The lowest BCUT2D eigenvalue weighted by Crippen LogP contribution is -2.51. The van der Waals surface area contributed by atoms with Crippen molar-refractivity contribution < 1.29 is 9.47 Å². The second kappa shape index (κ2) is 7.11. The number of morpholine rings is 1. The summed E-state index contributed by atoms with van der Waals surface area (Å²) in [5, 5.41) is 3.40. The fourth-order valence-corrected chi connectivity index (χ4v) is 3.09. The highest BCUT2D eigenvalue weighted by Gasteiger charge is 2.23. The number of hydrogen-bond donors (Lipinski definition) is 1. The van der Waals surface area contributed by atoms with Crippen LogP contribution in [0.1, 0.15) is 0 Å². The van der Waals surface area contributed by atoms with Gasteiger partial charge in [-0.05, 0) is 12.1 Å². The smallest absolute Gasteiger partial charge is 0.142 e. The predicted molar refractivity (Wildman–Crippen MR) is 84.3 cm³/mol. The van der Waals surface area contributed by atoms with E-state index in [1.807, 2.05) is 12.1 Å². The van der Waals surface area contributed by atoms with Gasteiger partial charge < -0.3 is 19.7 Å². The summed E-state index contributed by atoms with van der Waals surface area (Å²) < 4.78 is 11.3. The molecule has 0 amide bonds. The molecule has 2 heterocycles. The van der Waals surface area contributed by atoms with Gasteiger partial charge in [0, 0.05) is 45.8 Å². The van der Waals surface area contributed by atoms with Gasteiger partial charge in [0.05, 0.1) is 25.5 Å². The molecule has 3 rings (SSSR count). The van der Waals surface area contributed by atoms with Crippen molar-refractivity contribution in [3.8, 4) is 5.75 Å². The number of ether oxygens (including phenoxy) is 2. The van der Waals surface area contributed by atoms with Gasteiger partial charge in [-0.1, -0.05) is 12.1 Å². The van der Waals surface area contributed by atoms with Crippen LogP contribution in [-0.4, -0.2) is 70.5 Å². The zero-order valence-corrected chi connectivity index (χ0v) is 12.8. The number of benzene rings is 1. The van der Waals surface area contributed by atoms with Crippen molar-refractivity contribution in [2.45, 2.75) is 6.10 Å². The molecule has 2 aliphatic rings. The molecule has 2 fully saturated rings. The van der Waals surface area contributed by atoms with E-state index >= 15 is 0 Å². The largest absolute Gasteiger partial charge is 0.495 e. The Morgan fingerprint density at radius 1 is 1.24 bits per heavy atom. The molecule has 2 saturated heterocycles. The highest BCUT2D eigenvalue weighted by atomic mass is 16.5. The van der Waals surface area contributed by atoms with Crippen molar-refractivity contribution in [2.75, 3.05) is 64.4 Å². The maximum Gasteiger partial charge on any atom is 0.142 e. The molecule has 5 heteroatoms. The average molecular weight is 291 g/mol. The van der Waals surface area contributed by atoms with Gasteiger partial charge in [-0.25, -0.2) is 0 Å². The molecule has 1 unspecified atom stereocenters. The molecule has 0 aromatic heterocycles. The molecular weight excluding hydrogens is 266 g/mol. The van der Waals surface area contributed by atoms with E-state index in [1.165, 1.54) is 5.69 Å². The Labute approximate surface area is 126 Å². The van der Waals surface area contributed by atoms with Crippen LogP contribution in [0.5, 0.6) is 5.75 Å². The first-order valence-electron chi connectivity index (χ1n) is 7.79. The molecule has 116 valence electrons. The van der Waals surface area contributed by atoms with Crippen LogP contribution in [0.4, 0.5) is 5.69 Å². The Bertz CT molecular complexity index is 441. The van der Waals surface area contributed by atoms with E-state index in [0.29, 0.717) is 6.10 Å². The molecular formula is C16H25N3O2. The van der Waals surface area contributed by atoms with E-state index in [4.69, 9.17) is 9.47 Å². The summed E-state index contributed by atoms with van der Waals surface area (Å²) in [6, 6.07) is 8.27. The lowest BCUT2D eigenvalue weighted by molar-refractivity contribution is 0.00464. The predicted octanol–water partition coefficient (Wildman–Crippen LogP) is 0.806. The molecule has 0 radical (unpaired) electrons. The summed E-state index contributed by atoms with van der Waals surface area (Å²) in [6.07, 6.45) is 0.344. The Morgan fingerprint density at radius 2 is 2.05 bits per heavy atom. The second-order valence-corrected chi connectivity index (χ2v) is 5.66. The Balaban J connectivity index is 1.52. The first-order chi connectivity index (χ1) is 10.4. The van der Waals surface area contributed by atoms with Crippen molar-refractivity contribution in [1.82, 2.24) is 10.2 Å². The van der Waals surface area contributed by atoms with E-state index in [1.54, 1.807) is 7.11 Å². The van der Waals surface area contributed by atoms with E-state index in [0.717, 1.165) is 58.2 Å². The summed E-state index contributed by atoms with van der Waals surface area (Å²) in [7, 11) is 1.74. The number of piperazine rings is 1. The number of hydrogen-bond acceptors (Lipinski definition) is 5. The van der Waals surface area contributed by atoms with Gasteiger partial charge in [-0.3, -0.25) is 4.90 Å². The third kappa shape index (κ3) is 3.67. The zero-order valence-electron chi connectivity index (χ0n) is 12.8. The number of methoxy groups -OCH3 is 1. The highest BCUT2D eigenvalue weighted by molar-refractivity contribution is 5.58. The van der Waals surface area contributed by atoms with Crippen molar-refractivity contribution >= 4 is 5.69 Å². The summed E-state index contributed by atoms with van der Waals surface area (Å²) in [4.78, 5) is 4.92. The molecule has 5 nitrogen and oxygen atoms in total. The van der Waals surface area contributed by atoms with Crippen LogP contribution in [0, 0.1) is 0 Å². The van der Waals surface area contributed by atoms with Crippen LogP contribution in [0.2, 0.25) is 0 Å². The molecule has 0 saturated carbocycles. The maximum absolute atomic E-state index is 5.79. The minimum absolute atomic E-state index is 0.344. The maximum atomic E-state index is 5.79. The van der Waals surface area contributed by atoms with Gasteiger partial charge in [0.2, 0.25) is 0 Å². The Kier molecular flexibility index (Phi) is 4.95. The van der Waals surface area contributed by atoms with Gasteiger partial charge in [-0.2, -0.15) is 0 Å². The average Bonchev–Trinajstić information content (AvgIpc) is 2.56. The summed E-state index contributed by atoms with van der Waals surface area (Å²) in [6.45, 7) is 8.08. The summed E-state index contributed by atoms with van der Waals surface area (Å²) >= 11 is 0. The molecule has 1 aromatic rings. The van der Waals surface area contributed by atoms with Crippen LogP contribution in [-0.2, 0) is 4.74 Å². The third-order valence-electron chi connectivity index (χ3n) is 4.26. The summed E-state index contributed by atoms with van der Waals surface area (Å²) in [5.41, 5.74) is 1.20. The van der Waals surface area contributed by atoms with Gasteiger partial charge in [-0.15, -0.1) is 0 Å². The van der Waals surface area contributed by atoms with Gasteiger partial charge in [0.15, 0.2) is 0 Å². The zero-order chi connectivity index (χ0) is 14.5. The fourth-order valence-electron chi connectivity index (χ4n) is 3.09. The van der Waals surface area contributed by atoms with E-state index < -0.39 is 0 Å². The lowest BCUT2D eigenvalue weighted by Gasteiger charge is -2.38. The Hall–Kier alpha value is -1.30. The van der Waals surface area contributed by atoms with Crippen LogP contribution in [0.15, 0.2) is 24.3 Å². The highest BCUT2D eigenvalue weighted by Crippen LogP contribution is 2.28. The van der Waals surface area contributed by atoms with Crippen LogP contribution in [0.3, 0.4) is 0 Å². The van der Waals surface area contributed by atoms with Gasteiger partial charge in [0.1, 0.15) is 5.75 Å². The third-order valence-corrected chi connectivity index (χ3v) is 4.26. The topological polar surface area (TPSA) is 37.0 Å². The number of nitrogens with one attached hydrogen (secondary N) is 1. The molecule has 2 aliphatic heterocycles. The SMILES string of the molecule is COc1ccccc1N1CCN(CC2CNCCO2)CC1. The van der Waals surface area contributed by atoms with Crippen molar-refractivity contribution in [3.63, 3.8) is 0 Å². The molecule has 1 atom stereocenters. The number of rotatable bonds is 4. The van der Waals surface area contributed by atoms with Crippen molar-refractivity contribution in [2.24, 2.45) is 0 Å². The van der Waals surface area contributed by atoms with Gasteiger partial charge in [0.25, 0.3) is 0 Å². The van der Waals surface area contributed by atoms with Crippen LogP contribution >= 0.6 is 0 Å². The molecule has 0 spiro atoms. The Morgan fingerprint density at radius 3 is 2.76 bits per heavy atom. The fraction of sp³-hybridized carbons (Fsp3) is 0.625. The quantitative estimate of drug-likeness (QED) is 0.888. The van der Waals surface area contributed by atoms with Crippen molar-refractivity contribution in [1.29, 1.82) is 0 Å². The first kappa shape index (κ1) is 14.6. The molecule has 1 N–H and O–H groups in total. The summed E-state index contributed by atoms with van der Waals surface area (Å²) in [5.74, 6) is 0.964. The normalized spacial score (nSPS) is 24.0. The number of anilines is 1. The first-order valence-corrected chi connectivity index (χ1v) is 7.79. The van der Waals surface area contributed by atoms with Crippen molar-refractivity contribution in [3.05, 3.63) is 24.3 Å². The van der Waals surface area contributed by atoms with Crippen LogP contribution < -0.4 is 15.0 Å². The van der Waals surface area contributed by atoms with Crippen LogP contribution in [0.25, 0.3) is 0 Å². The van der Waals surface area contributed by atoms with E-state index in [9.17, 15) is 0 Å². The second-order valence-electron chi connectivity index (χ2n) is 5.66. The van der Waals surface area contributed by atoms with Gasteiger partial charge >= 0.3 is 0 Å². The number of nitrogens with zero attached hydrogens (tertiary/aromatic N) is 2. The standard InChI is InChI=1S/C16H25N3O2/c1-20-16-5-3-2-4-15(16)19-9-7-18(8-10-19)13-14-12-17-6-11-21-14/h2-5,14,17H,6-13H2,1H3. The molecule has 0 aliphatic carbocycles. The molecule has 21 heavy (non-hydrogen) atoms. The molecule has 1 aromatic carbocycles.